The van der Waals surface area contributed by atoms with Crippen LogP contribution in [0.15, 0.2) is 30.3 Å². The summed E-state index contributed by atoms with van der Waals surface area (Å²) in [7, 11) is 0. The van der Waals surface area contributed by atoms with Gasteiger partial charge in [-0.05, 0) is 37.2 Å². The fourth-order valence-electron chi connectivity index (χ4n) is 3.42. The van der Waals surface area contributed by atoms with Gasteiger partial charge in [0.15, 0.2) is 0 Å². The highest BCUT2D eigenvalue weighted by molar-refractivity contribution is 5.80. The summed E-state index contributed by atoms with van der Waals surface area (Å²) in [6, 6.07) is 10.5. The number of rotatable bonds is 4. The van der Waals surface area contributed by atoms with Crippen LogP contribution in [0.4, 0.5) is 4.79 Å². The summed E-state index contributed by atoms with van der Waals surface area (Å²) in [5, 5.41) is 3.08. The fourth-order valence-corrected chi connectivity index (χ4v) is 3.42. The lowest BCUT2D eigenvalue weighted by atomic mass is 10.1. The number of primary amides is 1. The third kappa shape index (κ3) is 3.08. The van der Waals surface area contributed by atoms with Gasteiger partial charge < -0.3 is 16.0 Å². The van der Waals surface area contributed by atoms with E-state index in [1.807, 2.05) is 6.07 Å². The van der Waals surface area contributed by atoms with Gasteiger partial charge in [0.2, 0.25) is 5.91 Å². The molecule has 3 amide bonds. The van der Waals surface area contributed by atoms with Crippen LogP contribution < -0.4 is 11.1 Å². The van der Waals surface area contributed by atoms with Crippen molar-refractivity contribution in [1.29, 1.82) is 0 Å². The number of hydrogen-bond acceptors (Lipinski definition) is 2. The number of benzene rings is 1. The summed E-state index contributed by atoms with van der Waals surface area (Å²) in [4.78, 5) is 25.1. The lowest BCUT2D eigenvalue weighted by Crippen LogP contribution is -2.44. The van der Waals surface area contributed by atoms with Crippen molar-refractivity contribution in [2.24, 2.45) is 17.6 Å². The van der Waals surface area contributed by atoms with Crippen molar-refractivity contribution in [2.75, 3.05) is 13.1 Å². The molecule has 0 radical (unpaired) electrons. The number of likely N-dealkylation sites (tertiary alicyclic amines) is 1. The maximum absolute atomic E-state index is 12.3. The maximum atomic E-state index is 12.3. The second-order valence-electron chi connectivity index (χ2n) is 6.49. The van der Waals surface area contributed by atoms with E-state index in [-0.39, 0.29) is 23.9 Å². The molecule has 2 aliphatic rings. The molecule has 5 heteroatoms. The summed E-state index contributed by atoms with van der Waals surface area (Å²) >= 11 is 0. The summed E-state index contributed by atoms with van der Waals surface area (Å²) in [6.45, 7) is 3.12. The Kier molecular flexibility index (Phi) is 4.05. The van der Waals surface area contributed by atoms with Gasteiger partial charge in [0.25, 0.3) is 0 Å². The van der Waals surface area contributed by atoms with Crippen LogP contribution in [0.3, 0.4) is 0 Å². The zero-order valence-electron chi connectivity index (χ0n) is 12.9. The largest absolute Gasteiger partial charge is 0.369 e. The number of carbonyl (C=O) groups excluding carboxylic acids is 2. The molecule has 0 unspecified atom stereocenters. The van der Waals surface area contributed by atoms with Gasteiger partial charge in [0.05, 0.1) is 5.92 Å². The van der Waals surface area contributed by atoms with Crippen LogP contribution in [0.25, 0.3) is 0 Å². The lowest BCUT2D eigenvalue weighted by Gasteiger charge is -2.21. The molecule has 1 saturated heterocycles. The van der Waals surface area contributed by atoms with Gasteiger partial charge in [0.1, 0.15) is 0 Å². The van der Waals surface area contributed by atoms with Crippen molar-refractivity contribution >= 4 is 11.9 Å². The average Bonchev–Trinajstić information content (AvgIpc) is 3.16. The van der Waals surface area contributed by atoms with E-state index in [2.05, 4.69) is 36.5 Å². The highest BCUT2D eigenvalue weighted by Crippen LogP contribution is 2.49. The molecule has 1 aromatic rings. The molecule has 0 spiro atoms. The fraction of sp³-hybridized carbons (Fsp3) is 0.529. The van der Waals surface area contributed by atoms with Gasteiger partial charge in [-0.25, -0.2) is 4.79 Å². The number of carbonyl (C=O) groups is 2. The second-order valence-corrected chi connectivity index (χ2v) is 6.49. The normalized spacial score (nSPS) is 28.2. The average molecular weight is 301 g/mol. The molecule has 1 saturated carbocycles. The van der Waals surface area contributed by atoms with Gasteiger partial charge in [-0.1, -0.05) is 30.3 Å². The number of urea groups is 1. The van der Waals surface area contributed by atoms with Crippen LogP contribution in [0.1, 0.15) is 31.2 Å². The Morgan fingerprint density at radius 3 is 2.68 bits per heavy atom. The molecule has 4 atom stereocenters. The van der Waals surface area contributed by atoms with Crippen molar-refractivity contribution in [3.05, 3.63) is 35.9 Å². The van der Waals surface area contributed by atoms with E-state index in [0.717, 1.165) is 6.42 Å². The Morgan fingerprint density at radius 1 is 1.32 bits per heavy atom. The summed E-state index contributed by atoms with van der Waals surface area (Å²) in [5.41, 5.74) is 6.66. The van der Waals surface area contributed by atoms with Crippen molar-refractivity contribution < 1.29 is 9.59 Å². The molecule has 0 aromatic heterocycles. The van der Waals surface area contributed by atoms with E-state index in [1.165, 1.54) is 5.56 Å². The van der Waals surface area contributed by atoms with Crippen LogP contribution >= 0.6 is 0 Å². The third-order valence-electron chi connectivity index (χ3n) is 4.94. The molecule has 3 rings (SSSR count). The molecule has 1 heterocycles. The molecule has 1 aliphatic carbocycles. The van der Waals surface area contributed by atoms with Crippen molar-refractivity contribution in [3.63, 3.8) is 0 Å². The first-order valence-electron chi connectivity index (χ1n) is 7.96. The smallest absolute Gasteiger partial charge is 0.317 e. The third-order valence-corrected chi connectivity index (χ3v) is 4.94. The van der Waals surface area contributed by atoms with Crippen molar-refractivity contribution in [1.82, 2.24) is 10.2 Å². The lowest BCUT2D eigenvalue weighted by molar-refractivity contribution is -0.121. The van der Waals surface area contributed by atoms with Gasteiger partial charge >= 0.3 is 6.03 Å². The highest BCUT2D eigenvalue weighted by atomic mass is 16.2. The Bertz CT molecular complexity index is 560. The molecule has 1 aromatic carbocycles. The summed E-state index contributed by atoms with van der Waals surface area (Å²) < 4.78 is 0. The van der Waals surface area contributed by atoms with Crippen molar-refractivity contribution in [2.45, 2.75) is 31.7 Å². The zero-order chi connectivity index (χ0) is 15.7. The first kappa shape index (κ1) is 14.9. The maximum Gasteiger partial charge on any atom is 0.317 e. The molecule has 3 N–H and O–H groups in total. The minimum atomic E-state index is -0.310. The Balaban J connectivity index is 1.50. The first-order chi connectivity index (χ1) is 10.6. The molecular formula is C17H23N3O2. The predicted molar refractivity (Wildman–Crippen MR) is 84.2 cm³/mol. The number of amides is 3. The highest BCUT2D eigenvalue weighted by Gasteiger charge is 2.43. The molecule has 22 heavy (non-hydrogen) atoms. The van der Waals surface area contributed by atoms with E-state index in [0.29, 0.717) is 31.3 Å². The first-order valence-corrected chi connectivity index (χ1v) is 7.96. The van der Waals surface area contributed by atoms with Gasteiger partial charge in [-0.3, -0.25) is 4.79 Å². The van der Waals surface area contributed by atoms with Gasteiger partial charge in [0, 0.05) is 19.1 Å². The van der Waals surface area contributed by atoms with Crippen LogP contribution in [0.2, 0.25) is 0 Å². The molecular weight excluding hydrogens is 278 g/mol. The van der Waals surface area contributed by atoms with Crippen LogP contribution in [-0.2, 0) is 4.79 Å². The standard InChI is InChI=1S/C17H23N3O2/c1-11(14-9-15(14)12-5-3-2-4-6-12)19-17(22)20-8-7-13(10-20)16(18)21/h2-6,11,13-15H,7-10H2,1H3,(H2,18,21)(H,19,22)/t11-,13-,14+,15-/m0/s1. The van der Waals surface area contributed by atoms with Crippen LogP contribution in [0, 0.1) is 11.8 Å². The zero-order valence-corrected chi connectivity index (χ0v) is 12.9. The molecule has 0 bridgehead atoms. The van der Waals surface area contributed by atoms with Crippen LogP contribution in [0.5, 0.6) is 0 Å². The second kappa shape index (κ2) is 5.99. The van der Waals surface area contributed by atoms with E-state index >= 15 is 0 Å². The number of nitrogens with two attached hydrogens (primary N) is 1. The van der Waals surface area contributed by atoms with E-state index < -0.39 is 0 Å². The molecule has 118 valence electrons. The van der Waals surface area contributed by atoms with Gasteiger partial charge in [-0.2, -0.15) is 0 Å². The Morgan fingerprint density at radius 2 is 2.05 bits per heavy atom. The SMILES string of the molecule is C[C@H](NC(=O)N1CC[C@H](C(N)=O)C1)[C@H]1C[C@H]1c1ccccc1. The minimum absolute atomic E-state index is 0.0741. The Hall–Kier alpha value is -2.04. The van der Waals surface area contributed by atoms with E-state index in [4.69, 9.17) is 5.73 Å². The van der Waals surface area contributed by atoms with Crippen LogP contribution in [-0.4, -0.2) is 36.0 Å². The number of nitrogens with one attached hydrogen (secondary N) is 1. The monoisotopic (exact) mass is 301 g/mol. The molecule has 1 aliphatic heterocycles. The van der Waals surface area contributed by atoms with Crippen molar-refractivity contribution in [3.8, 4) is 0 Å². The van der Waals surface area contributed by atoms with E-state index in [1.54, 1.807) is 4.90 Å². The minimum Gasteiger partial charge on any atom is -0.369 e. The summed E-state index contributed by atoms with van der Waals surface area (Å²) in [6.07, 6.45) is 1.79. The Labute approximate surface area is 130 Å². The van der Waals surface area contributed by atoms with Gasteiger partial charge in [-0.15, -0.1) is 0 Å². The topological polar surface area (TPSA) is 75.4 Å². The number of nitrogens with zero attached hydrogens (tertiary/aromatic N) is 1. The number of hydrogen-bond donors (Lipinski definition) is 2. The van der Waals surface area contributed by atoms with E-state index in [9.17, 15) is 9.59 Å². The molecule has 5 nitrogen and oxygen atoms in total. The molecule has 2 fully saturated rings. The quantitative estimate of drug-likeness (QED) is 0.888. The predicted octanol–water partition coefficient (Wildman–Crippen LogP) is 1.70. The summed E-state index contributed by atoms with van der Waals surface area (Å²) in [5.74, 6) is 0.545.